The minimum atomic E-state index is 0.413. The molecule has 1 nitrogen and oxygen atoms in total. The van der Waals surface area contributed by atoms with Crippen molar-refractivity contribution in [1.82, 2.24) is 0 Å². The quantitative estimate of drug-likeness (QED) is 0.334. The summed E-state index contributed by atoms with van der Waals surface area (Å²) in [5.41, 5.74) is 2.82. The van der Waals surface area contributed by atoms with Gasteiger partial charge in [-0.25, -0.2) is 0 Å². The second-order valence-electron chi connectivity index (χ2n) is 8.37. The number of hydrogen-bond acceptors (Lipinski definition) is 1. The number of ether oxygens (including phenoxy) is 1. The lowest BCUT2D eigenvalue weighted by Crippen LogP contribution is -2.22. The number of benzene rings is 4. The van der Waals surface area contributed by atoms with Gasteiger partial charge in [-0.1, -0.05) is 79.9 Å². The zero-order chi connectivity index (χ0) is 18.5. The Bertz CT molecular complexity index is 1100. The Kier molecular flexibility index (Phi) is 3.68. The van der Waals surface area contributed by atoms with E-state index in [-0.39, 0.29) is 0 Å². The predicted molar refractivity (Wildman–Crippen MR) is 116 cm³/mol. The highest BCUT2D eigenvalue weighted by Gasteiger charge is 2.36. The molecule has 28 heavy (non-hydrogen) atoms. The van der Waals surface area contributed by atoms with Crippen LogP contribution in [0.15, 0.2) is 72.8 Å². The Morgan fingerprint density at radius 1 is 0.571 bits per heavy atom. The van der Waals surface area contributed by atoms with E-state index < -0.39 is 0 Å². The van der Waals surface area contributed by atoms with E-state index in [1.54, 1.807) is 0 Å². The molecule has 0 unspecified atom stereocenters. The Morgan fingerprint density at radius 2 is 1.11 bits per heavy atom. The minimum absolute atomic E-state index is 0.413. The van der Waals surface area contributed by atoms with Crippen LogP contribution in [-0.2, 0) is 0 Å². The third-order valence-corrected chi connectivity index (χ3v) is 6.82. The SMILES string of the molecule is c1ccc2c3c(ccc2c1)Oc1ccc2ccccc2c1C3C1CCCCC1. The van der Waals surface area contributed by atoms with Crippen molar-refractivity contribution < 1.29 is 4.74 Å². The van der Waals surface area contributed by atoms with Gasteiger partial charge in [-0.15, -0.1) is 0 Å². The first-order chi connectivity index (χ1) is 13.9. The van der Waals surface area contributed by atoms with Crippen LogP contribution in [0.4, 0.5) is 0 Å². The van der Waals surface area contributed by atoms with Gasteiger partial charge in [-0.05, 0) is 52.4 Å². The van der Waals surface area contributed by atoms with Crippen LogP contribution in [0.3, 0.4) is 0 Å². The largest absolute Gasteiger partial charge is 0.457 e. The molecule has 0 saturated heterocycles. The summed E-state index contributed by atoms with van der Waals surface area (Å²) in [6.45, 7) is 0. The fourth-order valence-electron chi connectivity index (χ4n) is 5.57. The van der Waals surface area contributed by atoms with Crippen LogP contribution in [0.2, 0.25) is 0 Å². The summed E-state index contributed by atoms with van der Waals surface area (Å²) in [4.78, 5) is 0. The summed E-state index contributed by atoms with van der Waals surface area (Å²) in [7, 11) is 0. The summed E-state index contributed by atoms with van der Waals surface area (Å²) >= 11 is 0. The molecule has 1 saturated carbocycles. The van der Waals surface area contributed by atoms with Gasteiger partial charge in [0.05, 0.1) is 0 Å². The smallest absolute Gasteiger partial charge is 0.131 e. The van der Waals surface area contributed by atoms with Gasteiger partial charge < -0.3 is 4.74 Å². The van der Waals surface area contributed by atoms with Crippen molar-refractivity contribution in [3.63, 3.8) is 0 Å². The molecule has 1 fully saturated rings. The molecular weight excluding hydrogens is 340 g/mol. The molecule has 0 aromatic heterocycles. The Balaban J connectivity index is 1.68. The molecule has 4 aromatic carbocycles. The normalized spacial score (nSPS) is 17.3. The Morgan fingerprint density at radius 3 is 1.68 bits per heavy atom. The van der Waals surface area contributed by atoms with Crippen LogP contribution in [0.5, 0.6) is 11.5 Å². The van der Waals surface area contributed by atoms with Gasteiger partial charge in [0.1, 0.15) is 11.5 Å². The standard InChI is InChI=1S/C27H24O/c1-2-10-20(11-3-1)25-26-21-12-6-4-8-18(21)14-16-23(26)28-24-17-15-19-9-5-7-13-22(19)27(24)25/h4-9,12-17,20,25H,1-3,10-11H2. The highest BCUT2D eigenvalue weighted by molar-refractivity contribution is 5.94. The zero-order valence-corrected chi connectivity index (χ0v) is 16.0. The van der Waals surface area contributed by atoms with E-state index in [0.29, 0.717) is 11.8 Å². The predicted octanol–water partition coefficient (Wildman–Crippen LogP) is 7.81. The van der Waals surface area contributed by atoms with Crippen molar-refractivity contribution in [3.8, 4) is 11.5 Å². The molecular formula is C27H24O. The van der Waals surface area contributed by atoms with Crippen LogP contribution in [0, 0.1) is 5.92 Å². The summed E-state index contributed by atoms with van der Waals surface area (Å²) in [5, 5.41) is 5.34. The monoisotopic (exact) mass is 364 g/mol. The first-order valence-electron chi connectivity index (χ1n) is 10.6. The lowest BCUT2D eigenvalue weighted by Gasteiger charge is -2.37. The fraction of sp³-hybridized carbons (Fsp3) is 0.259. The van der Waals surface area contributed by atoms with E-state index in [4.69, 9.17) is 4.74 Å². The molecule has 6 rings (SSSR count). The second-order valence-corrected chi connectivity index (χ2v) is 8.37. The first-order valence-corrected chi connectivity index (χ1v) is 10.6. The van der Waals surface area contributed by atoms with E-state index in [1.165, 1.54) is 64.8 Å². The molecule has 0 N–H and O–H groups in total. The van der Waals surface area contributed by atoms with Gasteiger partial charge in [0.25, 0.3) is 0 Å². The van der Waals surface area contributed by atoms with E-state index in [2.05, 4.69) is 72.8 Å². The zero-order valence-electron chi connectivity index (χ0n) is 16.0. The molecule has 0 amide bonds. The van der Waals surface area contributed by atoms with Crippen LogP contribution in [0.1, 0.15) is 49.1 Å². The maximum atomic E-state index is 6.51. The highest BCUT2D eigenvalue weighted by atomic mass is 16.5. The second kappa shape index (κ2) is 6.38. The van der Waals surface area contributed by atoms with Crippen LogP contribution >= 0.6 is 0 Å². The van der Waals surface area contributed by atoms with Crippen molar-refractivity contribution in [2.24, 2.45) is 5.92 Å². The summed E-state index contributed by atoms with van der Waals surface area (Å²) in [6.07, 6.45) is 6.71. The average molecular weight is 364 g/mol. The Hall–Kier alpha value is -2.80. The maximum Gasteiger partial charge on any atom is 0.131 e. The van der Waals surface area contributed by atoms with Crippen molar-refractivity contribution in [1.29, 1.82) is 0 Å². The molecule has 1 aliphatic heterocycles. The lowest BCUT2D eigenvalue weighted by atomic mass is 9.70. The van der Waals surface area contributed by atoms with Gasteiger partial charge in [0.15, 0.2) is 0 Å². The number of fused-ring (bicyclic) bond motifs is 6. The Labute approximate surface area is 166 Å². The van der Waals surface area contributed by atoms with Crippen molar-refractivity contribution in [2.75, 3.05) is 0 Å². The van der Waals surface area contributed by atoms with Crippen LogP contribution in [-0.4, -0.2) is 0 Å². The first kappa shape index (κ1) is 16.2. The third-order valence-electron chi connectivity index (χ3n) is 6.82. The molecule has 0 bridgehead atoms. The van der Waals surface area contributed by atoms with Crippen LogP contribution in [0.25, 0.3) is 21.5 Å². The molecule has 1 aliphatic carbocycles. The molecule has 1 heteroatoms. The van der Waals surface area contributed by atoms with Gasteiger partial charge in [-0.2, -0.15) is 0 Å². The van der Waals surface area contributed by atoms with Crippen molar-refractivity contribution >= 4 is 21.5 Å². The third kappa shape index (κ3) is 2.39. The van der Waals surface area contributed by atoms with Crippen molar-refractivity contribution in [2.45, 2.75) is 38.0 Å². The number of rotatable bonds is 1. The molecule has 0 radical (unpaired) electrons. The van der Waals surface area contributed by atoms with Gasteiger partial charge >= 0.3 is 0 Å². The molecule has 0 spiro atoms. The summed E-state index contributed by atoms with van der Waals surface area (Å²) in [6, 6.07) is 26.4. The topological polar surface area (TPSA) is 9.23 Å². The maximum absolute atomic E-state index is 6.51. The molecule has 2 aliphatic rings. The molecule has 4 aromatic rings. The average Bonchev–Trinajstić information content (AvgIpc) is 2.78. The molecule has 138 valence electrons. The van der Waals surface area contributed by atoms with E-state index >= 15 is 0 Å². The van der Waals surface area contributed by atoms with Gasteiger partial charge in [0, 0.05) is 17.0 Å². The lowest BCUT2D eigenvalue weighted by molar-refractivity contribution is 0.312. The van der Waals surface area contributed by atoms with E-state index in [9.17, 15) is 0 Å². The van der Waals surface area contributed by atoms with Gasteiger partial charge in [0.2, 0.25) is 0 Å². The summed E-state index contributed by atoms with van der Waals surface area (Å²) < 4.78 is 6.51. The van der Waals surface area contributed by atoms with Crippen molar-refractivity contribution in [3.05, 3.63) is 83.9 Å². The molecule has 1 heterocycles. The fourth-order valence-corrected chi connectivity index (χ4v) is 5.57. The van der Waals surface area contributed by atoms with Crippen LogP contribution < -0.4 is 4.74 Å². The van der Waals surface area contributed by atoms with Gasteiger partial charge in [-0.3, -0.25) is 0 Å². The molecule has 0 atom stereocenters. The van der Waals surface area contributed by atoms with E-state index in [0.717, 1.165) is 11.5 Å². The highest BCUT2D eigenvalue weighted by Crippen LogP contribution is 2.54. The number of hydrogen-bond donors (Lipinski definition) is 0. The van der Waals surface area contributed by atoms with E-state index in [1.807, 2.05) is 0 Å². The minimum Gasteiger partial charge on any atom is -0.457 e. The summed E-state index contributed by atoms with van der Waals surface area (Å²) in [5.74, 6) is 3.21.